The van der Waals surface area contributed by atoms with Gasteiger partial charge in [-0.15, -0.1) is 0 Å². The molecule has 376 valence electrons. The number of quaternary nitrogens is 1. The Morgan fingerprint density at radius 2 is 0.828 bits per heavy atom. The minimum atomic E-state index is -4.64. The smallest absolute Gasteiger partial charge is 0.306 e. The topological polar surface area (TPSA) is 111 Å². The summed E-state index contributed by atoms with van der Waals surface area (Å²) in [5.41, 5.74) is 0. The molecule has 0 aromatic carbocycles. The number of likely N-dealkylation sites (N-methyl/N-ethyl adjacent to an activating group) is 1. The van der Waals surface area contributed by atoms with E-state index in [1.165, 1.54) is 154 Å². The lowest BCUT2D eigenvalue weighted by Crippen LogP contribution is -2.37. The highest BCUT2D eigenvalue weighted by molar-refractivity contribution is 7.45. The van der Waals surface area contributed by atoms with Gasteiger partial charge in [-0.1, -0.05) is 198 Å². The average molecular weight is 924 g/mol. The average Bonchev–Trinajstić information content (AvgIpc) is 3.25. The van der Waals surface area contributed by atoms with Crippen LogP contribution in [0.4, 0.5) is 0 Å². The zero-order chi connectivity index (χ0) is 47.1. The second-order valence-electron chi connectivity index (χ2n) is 19.2. The summed E-state index contributed by atoms with van der Waals surface area (Å²) in [4.78, 5) is 37.7. The summed E-state index contributed by atoms with van der Waals surface area (Å²) in [6, 6.07) is 0. The van der Waals surface area contributed by atoms with E-state index in [0.717, 1.165) is 51.4 Å². The van der Waals surface area contributed by atoms with Crippen molar-refractivity contribution in [3.05, 3.63) is 36.5 Å². The number of phosphoric ester groups is 1. The number of phosphoric acid groups is 1. The SMILES string of the molecule is CCCCCCCC/C=C/CCCCCCCCCC(=O)O[C@@H](COC(=O)CCC/C=C/CC/C=C/CCCCCCCCCCCCCCCC)COP(=O)([O-])OCC[N+](C)(C)C. The summed E-state index contributed by atoms with van der Waals surface area (Å²) in [6.45, 7) is 4.21. The van der Waals surface area contributed by atoms with E-state index < -0.39 is 32.5 Å². The van der Waals surface area contributed by atoms with E-state index in [-0.39, 0.29) is 26.1 Å². The fourth-order valence-electron chi connectivity index (χ4n) is 7.44. The Bertz CT molecular complexity index is 1180. The molecule has 0 heterocycles. The molecule has 10 heteroatoms. The number of esters is 2. The van der Waals surface area contributed by atoms with Gasteiger partial charge in [0.1, 0.15) is 19.8 Å². The predicted molar refractivity (Wildman–Crippen MR) is 268 cm³/mol. The molecule has 64 heavy (non-hydrogen) atoms. The fraction of sp³-hybridized carbons (Fsp3) is 0.852. The van der Waals surface area contributed by atoms with E-state index in [4.69, 9.17) is 18.5 Å². The molecular weight excluding hydrogens is 822 g/mol. The van der Waals surface area contributed by atoms with Gasteiger partial charge in [0.2, 0.25) is 0 Å². The number of ether oxygens (including phenoxy) is 2. The van der Waals surface area contributed by atoms with Crippen molar-refractivity contribution in [1.82, 2.24) is 0 Å². The Hall–Kier alpha value is -1.77. The maximum atomic E-state index is 12.7. The van der Waals surface area contributed by atoms with Crippen LogP contribution < -0.4 is 4.89 Å². The van der Waals surface area contributed by atoms with Crippen molar-refractivity contribution in [1.29, 1.82) is 0 Å². The molecule has 0 aliphatic heterocycles. The van der Waals surface area contributed by atoms with Crippen molar-refractivity contribution in [2.24, 2.45) is 0 Å². The van der Waals surface area contributed by atoms with Gasteiger partial charge in [0.05, 0.1) is 27.7 Å². The molecule has 0 bridgehead atoms. The maximum absolute atomic E-state index is 12.7. The van der Waals surface area contributed by atoms with Crippen LogP contribution in [0.3, 0.4) is 0 Å². The van der Waals surface area contributed by atoms with Gasteiger partial charge in [0.15, 0.2) is 6.10 Å². The summed E-state index contributed by atoms with van der Waals surface area (Å²) in [5.74, 6) is -0.881. The van der Waals surface area contributed by atoms with Gasteiger partial charge in [0.25, 0.3) is 7.82 Å². The standard InChI is InChI=1S/C54H102NO8P/c1-6-8-10-12-14-16-18-20-22-24-25-26-27-28-29-31-32-34-36-38-40-42-44-46-53(56)60-50-52(51-62-64(58,59)61-49-48-55(3,4)5)63-54(57)47-45-43-41-39-37-35-33-30-23-21-19-17-15-13-11-9-7-2/h21,23,31-32,38,40,52H,6-20,22,24-30,33-37,39,41-51H2,1-5H3/b23-21+,32-31+,40-38+/t52-/m0/s1. The van der Waals surface area contributed by atoms with Crippen LogP contribution >= 0.6 is 7.82 Å². The van der Waals surface area contributed by atoms with Crippen LogP contribution in [0.5, 0.6) is 0 Å². The quantitative estimate of drug-likeness (QED) is 0.0195. The van der Waals surface area contributed by atoms with Crippen molar-refractivity contribution in [3.8, 4) is 0 Å². The molecule has 9 nitrogen and oxygen atoms in total. The van der Waals surface area contributed by atoms with E-state index in [1.54, 1.807) is 0 Å². The van der Waals surface area contributed by atoms with Gasteiger partial charge in [-0.2, -0.15) is 0 Å². The predicted octanol–water partition coefficient (Wildman–Crippen LogP) is 15.4. The number of rotatable bonds is 49. The van der Waals surface area contributed by atoms with E-state index >= 15 is 0 Å². The lowest BCUT2D eigenvalue weighted by Gasteiger charge is -2.28. The van der Waals surface area contributed by atoms with Gasteiger partial charge < -0.3 is 27.9 Å². The van der Waals surface area contributed by atoms with E-state index in [0.29, 0.717) is 23.9 Å². The minimum Gasteiger partial charge on any atom is -0.756 e. The number of carbonyl (C=O) groups is 2. The van der Waals surface area contributed by atoms with Crippen LogP contribution in [0.2, 0.25) is 0 Å². The highest BCUT2D eigenvalue weighted by Gasteiger charge is 2.21. The van der Waals surface area contributed by atoms with Crippen molar-refractivity contribution < 1.29 is 42.1 Å². The Balaban J connectivity index is 4.26. The lowest BCUT2D eigenvalue weighted by molar-refractivity contribution is -0.870. The second kappa shape index (κ2) is 46.3. The van der Waals surface area contributed by atoms with Crippen LogP contribution in [0.1, 0.15) is 245 Å². The summed E-state index contributed by atoms with van der Waals surface area (Å²) < 4.78 is 34.0. The molecule has 0 radical (unpaired) electrons. The number of unbranched alkanes of at least 4 members (excludes halogenated alkanes) is 29. The largest absolute Gasteiger partial charge is 0.756 e. The zero-order valence-corrected chi connectivity index (χ0v) is 43.4. The monoisotopic (exact) mass is 924 g/mol. The first kappa shape index (κ1) is 62.2. The van der Waals surface area contributed by atoms with Gasteiger partial charge >= 0.3 is 11.9 Å². The van der Waals surface area contributed by atoms with E-state index in [2.05, 4.69) is 50.3 Å². The molecule has 0 saturated carbocycles. The molecule has 0 aromatic rings. The Kier molecular flexibility index (Phi) is 45.1. The number of hydrogen-bond acceptors (Lipinski definition) is 8. The summed E-state index contributed by atoms with van der Waals surface area (Å²) in [5, 5.41) is 0. The Morgan fingerprint density at radius 3 is 1.25 bits per heavy atom. The second-order valence-corrected chi connectivity index (χ2v) is 20.6. The normalized spacial score (nSPS) is 13.7. The van der Waals surface area contributed by atoms with Crippen LogP contribution in [0.25, 0.3) is 0 Å². The summed E-state index contributed by atoms with van der Waals surface area (Å²) in [7, 11) is 1.15. The molecule has 0 aliphatic rings. The van der Waals surface area contributed by atoms with Crippen LogP contribution in [0.15, 0.2) is 36.5 Å². The first-order valence-corrected chi connectivity index (χ1v) is 28.2. The van der Waals surface area contributed by atoms with Crippen LogP contribution in [0, 0.1) is 0 Å². The van der Waals surface area contributed by atoms with Gasteiger partial charge in [-0.05, 0) is 70.6 Å². The van der Waals surface area contributed by atoms with Crippen molar-refractivity contribution >= 4 is 19.8 Å². The highest BCUT2D eigenvalue weighted by atomic mass is 31.2. The molecule has 0 N–H and O–H groups in total. The van der Waals surface area contributed by atoms with E-state index in [9.17, 15) is 19.0 Å². The molecule has 0 spiro atoms. The van der Waals surface area contributed by atoms with Crippen LogP contribution in [-0.2, 0) is 32.7 Å². The van der Waals surface area contributed by atoms with Gasteiger partial charge in [-0.3, -0.25) is 14.2 Å². The van der Waals surface area contributed by atoms with E-state index in [1.807, 2.05) is 21.1 Å². The number of nitrogens with zero attached hydrogens (tertiary/aromatic N) is 1. The first-order valence-electron chi connectivity index (χ1n) is 26.7. The first-order chi connectivity index (χ1) is 31.0. The Labute approximate surface area is 395 Å². The number of hydrogen-bond donors (Lipinski definition) is 0. The third-order valence-corrected chi connectivity index (χ3v) is 12.6. The Morgan fingerprint density at radius 1 is 0.469 bits per heavy atom. The molecule has 1 unspecified atom stereocenters. The summed E-state index contributed by atoms with van der Waals surface area (Å²) in [6.07, 6.45) is 54.8. The van der Waals surface area contributed by atoms with Gasteiger partial charge in [-0.25, -0.2) is 0 Å². The highest BCUT2D eigenvalue weighted by Crippen LogP contribution is 2.38. The molecule has 0 amide bonds. The molecule has 0 rings (SSSR count). The molecule has 0 saturated heterocycles. The molecule has 2 atom stereocenters. The summed E-state index contributed by atoms with van der Waals surface area (Å²) >= 11 is 0. The van der Waals surface area contributed by atoms with Crippen molar-refractivity contribution in [2.75, 3.05) is 47.5 Å². The van der Waals surface area contributed by atoms with Gasteiger partial charge in [0, 0.05) is 12.8 Å². The molecule has 0 aromatic heterocycles. The van der Waals surface area contributed by atoms with Crippen molar-refractivity contribution in [2.45, 2.75) is 251 Å². The number of carbonyl (C=O) groups excluding carboxylic acids is 2. The maximum Gasteiger partial charge on any atom is 0.306 e. The zero-order valence-electron chi connectivity index (χ0n) is 42.5. The molecule has 0 fully saturated rings. The molecular formula is C54H102NO8P. The third-order valence-electron chi connectivity index (χ3n) is 11.6. The molecule has 0 aliphatic carbocycles. The lowest BCUT2D eigenvalue weighted by atomic mass is 10.0. The van der Waals surface area contributed by atoms with Crippen LogP contribution in [-0.4, -0.2) is 70.0 Å². The number of allylic oxidation sites excluding steroid dienone is 6. The fourth-order valence-corrected chi connectivity index (χ4v) is 8.16. The minimum absolute atomic E-state index is 0.0369. The third kappa shape index (κ3) is 49.7. The van der Waals surface area contributed by atoms with Crippen molar-refractivity contribution in [3.63, 3.8) is 0 Å².